The van der Waals surface area contributed by atoms with E-state index in [1.165, 1.54) is 0 Å². The zero-order valence-electron chi connectivity index (χ0n) is 27.7. The van der Waals surface area contributed by atoms with Crippen LogP contribution in [0.4, 0.5) is 0 Å². The number of nitriles is 1. The zero-order valence-corrected chi connectivity index (χ0v) is 27.7. The molecule has 52 heavy (non-hydrogen) atoms. The van der Waals surface area contributed by atoms with Crippen molar-refractivity contribution in [3.8, 4) is 62.2 Å². The van der Waals surface area contributed by atoms with Gasteiger partial charge in [-0.05, 0) is 95.1 Å². The molecule has 0 radical (unpaired) electrons. The summed E-state index contributed by atoms with van der Waals surface area (Å²) in [5.41, 5.74) is 12.5. The van der Waals surface area contributed by atoms with E-state index in [4.69, 9.17) is 18.8 Å². The van der Waals surface area contributed by atoms with Gasteiger partial charge in [0.15, 0.2) is 5.82 Å². The van der Waals surface area contributed by atoms with Gasteiger partial charge in [0.25, 0.3) is 0 Å². The summed E-state index contributed by atoms with van der Waals surface area (Å²) in [5, 5.41) is 14.0. The molecule has 5 nitrogen and oxygen atoms in total. The van der Waals surface area contributed by atoms with Crippen LogP contribution in [0.1, 0.15) is 5.56 Å². The first-order chi connectivity index (χ1) is 25.7. The van der Waals surface area contributed by atoms with Gasteiger partial charge in [-0.2, -0.15) is 5.26 Å². The van der Waals surface area contributed by atoms with Crippen LogP contribution in [0.2, 0.25) is 0 Å². The smallest absolute Gasteiger partial charge is 0.160 e. The number of para-hydroxylation sites is 2. The molecular formula is C47H27N3O2. The topological polar surface area (TPSA) is 75.8 Å². The third kappa shape index (κ3) is 5.10. The molecule has 0 N–H and O–H groups in total. The molecule has 5 heteroatoms. The SMILES string of the molecule is N#Cc1cccc(-c2cc(-c3cc(-c4ccc5oc6ccccc6c5c4)cc(-c4ccc5oc6ccccc6c5c4)c3)nc(-c3ccccc3)n2)c1. The van der Waals surface area contributed by atoms with Crippen LogP contribution in [-0.2, 0) is 0 Å². The Morgan fingerprint density at radius 3 is 1.50 bits per heavy atom. The predicted molar refractivity (Wildman–Crippen MR) is 208 cm³/mol. The molecule has 0 fully saturated rings. The van der Waals surface area contributed by atoms with Gasteiger partial charge in [0.05, 0.1) is 23.0 Å². The van der Waals surface area contributed by atoms with Gasteiger partial charge in [0, 0.05) is 38.2 Å². The van der Waals surface area contributed by atoms with Gasteiger partial charge < -0.3 is 8.83 Å². The molecule has 0 saturated carbocycles. The molecule has 0 bridgehead atoms. The lowest BCUT2D eigenvalue weighted by Gasteiger charge is -2.13. The number of furan rings is 2. The fourth-order valence-electron chi connectivity index (χ4n) is 7.13. The summed E-state index contributed by atoms with van der Waals surface area (Å²) >= 11 is 0. The van der Waals surface area contributed by atoms with Crippen LogP contribution >= 0.6 is 0 Å². The average Bonchev–Trinajstić information content (AvgIpc) is 3.78. The minimum Gasteiger partial charge on any atom is -0.456 e. The Morgan fingerprint density at radius 2 is 0.885 bits per heavy atom. The number of nitrogens with zero attached hydrogens (tertiary/aromatic N) is 3. The second-order valence-corrected chi connectivity index (χ2v) is 12.9. The first kappa shape index (κ1) is 29.6. The van der Waals surface area contributed by atoms with E-state index in [1.807, 2.05) is 91.0 Å². The van der Waals surface area contributed by atoms with Crippen LogP contribution in [-0.4, -0.2) is 9.97 Å². The van der Waals surface area contributed by atoms with E-state index < -0.39 is 0 Å². The Morgan fingerprint density at radius 1 is 0.365 bits per heavy atom. The molecule has 0 spiro atoms. The van der Waals surface area contributed by atoms with Gasteiger partial charge in [-0.3, -0.25) is 0 Å². The van der Waals surface area contributed by atoms with E-state index in [9.17, 15) is 5.26 Å². The molecule has 0 unspecified atom stereocenters. The van der Waals surface area contributed by atoms with Crippen molar-refractivity contribution in [1.82, 2.24) is 9.97 Å². The molecule has 0 atom stereocenters. The van der Waals surface area contributed by atoms with E-state index in [-0.39, 0.29) is 0 Å². The molecule has 10 rings (SSSR count). The minimum atomic E-state index is 0.576. The Balaban J connectivity index is 1.22. The maximum absolute atomic E-state index is 9.68. The highest BCUT2D eigenvalue weighted by molar-refractivity contribution is 6.07. The van der Waals surface area contributed by atoms with E-state index in [0.29, 0.717) is 11.4 Å². The van der Waals surface area contributed by atoms with Crippen molar-refractivity contribution in [2.45, 2.75) is 0 Å². The molecule has 10 aromatic rings. The van der Waals surface area contributed by atoms with E-state index >= 15 is 0 Å². The quantitative estimate of drug-likeness (QED) is 0.183. The predicted octanol–water partition coefficient (Wildman–Crippen LogP) is 12.5. The van der Waals surface area contributed by atoms with Crippen LogP contribution in [0.3, 0.4) is 0 Å². The van der Waals surface area contributed by atoms with Gasteiger partial charge in [0.2, 0.25) is 0 Å². The highest BCUT2D eigenvalue weighted by atomic mass is 16.3. The van der Waals surface area contributed by atoms with Crippen molar-refractivity contribution in [3.63, 3.8) is 0 Å². The fourth-order valence-corrected chi connectivity index (χ4v) is 7.13. The number of hydrogen-bond donors (Lipinski definition) is 0. The van der Waals surface area contributed by atoms with Gasteiger partial charge >= 0.3 is 0 Å². The van der Waals surface area contributed by atoms with Crippen molar-refractivity contribution in [2.24, 2.45) is 0 Å². The largest absolute Gasteiger partial charge is 0.456 e. The summed E-state index contributed by atoms with van der Waals surface area (Å²) in [5.74, 6) is 0.611. The standard InChI is InChI=1S/C47H27N3O2/c48-28-29-9-8-12-33(21-29)41-27-42(50-47(49-41)30-10-2-1-3-11-30)36-23-34(31-17-19-45-39(25-31)37-13-4-6-15-43(37)51-45)22-35(24-36)32-18-20-46-40(26-32)38-14-5-7-16-44(38)52-46/h1-27H. The van der Waals surface area contributed by atoms with E-state index in [2.05, 4.69) is 72.8 Å². The van der Waals surface area contributed by atoms with Gasteiger partial charge in [0.1, 0.15) is 22.3 Å². The summed E-state index contributed by atoms with van der Waals surface area (Å²) in [6.45, 7) is 0. The molecule has 7 aromatic carbocycles. The number of fused-ring (bicyclic) bond motifs is 6. The normalized spacial score (nSPS) is 11.4. The van der Waals surface area contributed by atoms with E-state index in [0.717, 1.165) is 94.2 Å². The van der Waals surface area contributed by atoms with Crippen LogP contribution in [0.15, 0.2) is 173 Å². The van der Waals surface area contributed by atoms with Crippen molar-refractivity contribution < 1.29 is 8.83 Å². The first-order valence-electron chi connectivity index (χ1n) is 17.1. The van der Waals surface area contributed by atoms with E-state index in [1.54, 1.807) is 6.07 Å². The Bertz CT molecular complexity index is 2910. The van der Waals surface area contributed by atoms with Crippen LogP contribution < -0.4 is 0 Å². The number of aromatic nitrogens is 2. The summed E-state index contributed by atoms with van der Waals surface area (Å²) in [6, 6.07) is 57.6. The summed E-state index contributed by atoms with van der Waals surface area (Å²) in [4.78, 5) is 10.2. The molecule has 0 aliphatic heterocycles. The van der Waals surface area contributed by atoms with Crippen molar-refractivity contribution in [2.75, 3.05) is 0 Å². The molecule has 3 heterocycles. The summed E-state index contributed by atoms with van der Waals surface area (Å²) < 4.78 is 12.4. The maximum Gasteiger partial charge on any atom is 0.160 e. The molecular weight excluding hydrogens is 639 g/mol. The third-order valence-electron chi connectivity index (χ3n) is 9.69. The van der Waals surface area contributed by atoms with Crippen molar-refractivity contribution >= 4 is 43.9 Å². The molecule has 242 valence electrons. The average molecular weight is 666 g/mol. The van der Waals surface area contributed by atoms with Crippen LogP contribution in [0.5, 0.6) is 0 Å². The fraction of sp³-hybridized carbons (Fsp3) is 0. The van der Waals surface area contributed by atoms with Crippen molar-refractivity contribution in [1.29, 1.82) is 5.26 Å². The molecule has 0 saturated heterocycles. The number of hydrogen-bond acceptors (Lipinski definition) is 5. The minimum absolute atomic E-state index is 0.576. The third-order valence-corrected chi connectivity index (χ3v) is 9.69. The molecule has 0 amide bonds. The highest BCUT2D eigenvalue weighted by Gasteiger charge is 2.16. The zero-order chi connectivity index (χ0) is 34.6. The summed E-state index contributed by atoms with van der Waals surface area (Å²) in [7, 11) is 0. The number of benzene rings is 7. The molecule has 3 aromatic heterocycles. The maximum atomic E-state index is 9.68. The summed E-state index contributed by atoms with van der Waals surface area (Å²) in [6.07, 6.45) is 0. The lowest BCUT2D eigenvalue weighted by Crippen LogP contribution is -1.97. The molecule has 0 aliphatic carbocycles. The van der Waals surface area contributed by atoms with Gasteiger partial charge in [-0.1, -0.05) is 91.0 Å². The molecule has 0 aliphatic rings. The monoisotopic (exact) mass is 665 g/mol. The van der Waals surface area contributed by atoms with Gasteiger partial charge in [-0.25, -0.2) is 9.97 Å². The highest BCUT2D eigenvalue weighted by Crippen LogP contribution is 2.39. The lowest BCUT2D eigenvalue weighted by molar-refractivity contribution is 0.668. The number of rotatable bonds is 5. The second-order valence-electron chi connectivity index (χ2n) is 12.9. The van der Waals surface area contributed by atoms with Gasteiger partial charge in [-0.15, -0.1) is 0 Å². The van der Waals surface area contributed by atoms with Crippen molar-refractivity contribution in [3.05, 3.63) is 169 Å². The van der Waals surface area contributed by atoms with Crippen LogP contribution in [0, 0.1) is 11.3 Å². The Labute approximate surface area is 298 Å². The Kier molecular flexibility index (Phi) is 6.80. The lowest BCUT2D eigenvalue weighted by atomic mass is 9.93. The van der Waals surface area contributed by atoms with Crippen LogP contribution in [0.25, 0.3) is 100 Å². The first-order valence-corrected chi connectivity index (χ1v) is 17.1. The Hall–Kier alpha value is -7.29. The second kappa shape index (κ2) is 11.9.